The molecule has 7 nitrogen and oxygen atoms in total. The minimum absolute atomic E-state index is 0.0338. The largest absolute Gasteiger partial charge is 0.480 e. The van der Waals surface area contributed by atoms with Crippen LogP contribution in [-0.2, 0) is 14.3 Å². The first-order chi connectivity index (χ1) is 13.4. The molecule has 0 spiro atoms. The highest BCUT2D eigenvalue weighted by atomic mass is 16.5. The van der Waals surface area contributed by atoms with Crippen LogP contribution in [0, 0.1) is 0 Å². The summed E-state index contributed by atoms with van der Waals surface area (Å²) in [6.07, 6.45) is -1.35. The Kier molecular flexibility index (Phi) is 5.44. The molecule has 0 radical (unpaired) electrons. The van der Waals surface area contributed by atoms with Crippen molar-refractivity contribution in [3.05, 3.63) is 71.8 Å². The quantitative estimate of drug-likeness (QED) is 0.636. The number of hydrogen-bond acceptors (Lipinski definition) is 4. The van der Waals surface area contributed by atoms with Crippen LogP contribution in [0.15, 0.2) is 60.7 Å². The van der Waals surface area contributed by atoms with Crippen molar-refractivity contribution in [3.63, 3.8) is 0 Å². The second-order valence-corrected chi connectivity index (χ2v) is 6.47. The zero-order valence-corrected chi connectivity index (χ0v) is 14.9. The van der Waals surface area contributed by atoms with Gasteiger partial charge in [0.25, 0.3) is 0 Å². The summed E-state index contributed by atoms with van der Waals surface area (Å²) in [7, 11) is 0. The third kappa shape index (κ3) is 3.88. The Balaban J connectivity index is 1.68. The van der Waals surface area contributed by atoms with E-state index >= 15 is 0 Å². The van der Waals surface area contributed by atoms with E-state index in [9.17, 15) is 19.5 Å². The van der Waals surface area contributed by atoms with Crippen molar-refractivity contribution < 1.29 is 29.3 Å². The lowest BCUT2D eigenvalue weighted by Crippen LogP contribution is -2.42. The van der Waals surface area contributed by atoms with Crippen LogP contribution in [0.25, 0.3) is 11.1 Å². The summed E-state index contributed by atoms with van der Waals surface area (Å²) < 4.78 is 5.27. The molecule has 0 heterocycles. The fraction of sp³-hybridized carbons (Fsp3) is 0.190. The molecule has 3 N–H and O–H groups in total. The highest BCUT2D eigenvalue weighted by molar-refractivity contribution is 5.88. The predicted octanol–water partition coefficient (Wildman–Crippen LogP) is 3.01. The third-order valence-corrected chi connectivity index (χ3v) is 4.69. The van der Waals surface area contributed by atoms with E-state index in [1.54, 1.807) is 0 Å². The summed E-state index contributed by atoms with van der Waals surface area (Å²) in [6.45, 7) is 3.32. The lowest BCUT2D eigenvalue weighted by atomic mass is 9.98. The zero-order valence-electron chi connectivity index (χ0n) is 14.9. The van der Waals surface area contributed by atoms with Crippen molar-refractivity contribution in [3.8, 4) is 11.1 Å². The topological polar surface area (TPSA) is 113 Å². The number of carbonyl (C=O) groups excluding carboxylic acids is 1. The smallest absolute Gasteiger partial charge is 0.407 e. The number of rotatable bonds is 7. The van der Waals surface area contributed by atoms with Gasteiger partial charge >= 0.3 is 18.0 Å². The number of carbonyl (C=O) groups is 3. The standard InChI is InChI=1S/C21H19NO6/c1-12(19(23)24)10-18(20(25)26)22-21(27)28-11-17-15-8-4-2-6-13(15)14-7-3-5-9-16(14)17/h2-9,17-18H,1,10-11H2,(H,22,27)(H,23,24)(H,25,26)/t18-/m0/s1. The van der Waals surface area contributed by atoms with Crippen LogP contribution < -0.4 is 5.32 Å². The molecule has 1 aliphatic carbocycles. The SMILES string of the molecule is C=C(C[C@H](NC(=O)OCC1c2ccccc2-c2ccccc21)C(=O)O)C(=O)O. The van der Waals surface area contributed by atoms with Gasteiger partial charge < -0.3 is 20.3 Å². The average molecular weight is 381 g/mol. The molecule has 7 heteroatoms. The molecule has 0 aromatic heterocycles. The molecule has 1 aliphatic rings. The molecule has 1 atom stereocenters. The molecule has 0 bridgehead atoms. The summed E-state index contributed by atoms with van der Waals surface area (Å²) in [5.74, 6) is -2.84. The number of nitrogens with one attached hydrogen (secondary N) is 1. The first-order valence-corrected chi connectivity index (χ1v) is 8.64. The summed E-state index contributed by atoms with van der Waals surface area (Å²) in [4.78, 5) is 34.2. The highest BCUT2D eigenvalue weighted by Crippen LogP contribution is 2.44. The van der Waals surface area contributed by atoms with Gasteiger partial charge in [0.15, 0.2) is 0 Å². The molecule has 144 valence electrons. The second kappa shape index (κ2) is 7.96. The summed E-state index contributed by atoms with van der Waals surface area (Å²) in [5, 5.41) is 20.2. The van der Waals surface area contributed by atoms with Gasteiger partial charge in [-0.05, 0) is 22.3 Å². The lowest BCUT2D eigenvalue weighted by molar-refractivity contribution is -0.139. The molecule has 28 heavy (non-hydrogen) atoms. The second-order valence-electron chi connectivity index (χ2n) is 6.47. The van der Waals surface area contributed by atoms with Crippen molar-refractivity contribution in [2.45, 2.75) is 18.4 Å². The van der Waals surface area contributed by atoms with Crippen LogP contribution in [0.1, 0.15) is 23.5 Å². The molecule has 0 saturated heterocycles. The highest BCUT2D eigenvalue weighted by Gasteiger charge is 2.30. The third-order valence-electron chi connectivity index (χ3n) is 4.69. The van der Waals surface area contributed by atoms with Gasteiger partial charge in [-0.25, -0.2) is 14.4 Å². The van der Waals surface area contributed by atoms with Crippen molar-refractivity contribution >= 4 is 18.0 Å². The molecule has 0 unspecified atom stereocenters. The first kappa shape index (κ1) is 19.2. The Bertz CT molecular complexity index is 906. The fourth-order valence-corrected chi connectivity index (χ4v) is 3.32. The van der Waals surface area contributed by atoms with Gasteiger partial charge in [-0.1, -0.05) is 55.1 Å². The van der Waals surface area contributed by atoms with Crippen LogP contribution >= 0.6 is 0 Å². The maximum atomic E-state index is 12.1. The monoisotopic (exact) mass is 381 g/mol. The predicted molar refractivity (Wildman–Crippen MR) is 101 cm³/mol. The van der Waals surface area contributed by atoms with Crippen molar-refractivity contribution in [1.29, 1.82) is 0 Å². The van der Waals surface area contributed by atoms with Gasteiger partial charge in [0.1, 0.15) is 12.6 Å². The van der Waals surface area contributed by atoms with Crippen LogP contribution in [0.4, 0.5) is 4.79 Å². The molecular weight excluding hydrogens is 362 g/mol. The van der Waals surface area contributed by atoms with Gasteiger partial charge in [-0.15, -0.1) is 0 Å². The first-order valence-electron chi connectivity index (χ1n) is 8.64. The molecule has 0 aliphatic heterocycles. The van der Waals surface area contributed by atoms with Crippen LogP contribution in [0.2, 0.25) is 0 Å². The van der Waals surface area contributed by atoms with E-state index in [4.69, 9.17) is 9.84 Å². The van der Waals surface area contributed by atoms with Gasteiger partial charge in [0.2, 0.25) is 0 Å². The lowest BCUT2D eigenvalue weighted by Gasteiger charge is -2.17. The van der Waals surface area contributed by atoms with Gasteiger partial charge in [-0.2, -0.15) is 0 Å². The van der Waals surface area contributed by atoms with Gasteiger partial charge in [0.05, 0.1) is 0 Å². The maximum Gasteiger partial charge on any atom is 0.407 e. The Morgan fingerprint density at radius 2 is 1.54 bits per heavy atom. The van der Waals surface area contributed by atoms with Crippen LogP contribution in [-0.4, -0.2) is 40.9 Å². The van der Waals surface area contributed by atoms with E-state index in [1.165, 1.54) is 0 Å². The van der Waals surface area contributed by atoms with E-state index in [0.717, 1.165) is 22.3 Å². The van der Waals surface area contributed by atoms with E-state index < -0.39 is 30.5 Å². The van der Waals surface area contributed by atoms with E-state index in [-0.39, 0.29) is 18.1 Å². The number of ether oxygens (including phenoxy) is 1. The van der Waals surface area contributed by atoms with E-state index in [1.807, 2.05) is 48.5 Å². The molecule has 1 amide bonds. The summed E-state index contributed by atoms with van der Waals surface area (Å²) in [5.41, 5.74) is 3.91. The van der Waals surface area contributed by atoms with Gasteiger partial charge in [0, 0.05) is 17.9 Å². The maximum absolute atomic E-state index is 12.1. The number of fused-ring (bicyclic) bond motifs is 3. The Hall–Kier alpha value is -3.61. The van der Waals surface area contributed by atoms with Crippen molar-refractivity contribution in [1.82, 2.24) is 5.32 Å². The molecule has 2 aromatic rings. The van der Waals surface area contributed by atoms with Gasteiger partial charge in [-0.3, -0.25) is 0 Å². The van der Waals surface area contributed by atoms with E-state index in [0.29, 0.717) is 0 Å². The average Bonchev–Trinajstić information content (AvgIpc) is 2.99. The molecule has 2 aromatic carbocycles. The van der Waals surface area contributed by atoms with Crippen LogP contribution in [0.3, 0.4) is 0 Å². The Morgan fingerprint density at radius 1 is 1.00 bits per heavy atom. The normalized spacial score (nSPS) is 13.1. The number of alkyl carbamates (subject to hydrolysis) is 1. The number of hydrogen-bond donors (Lipinski definition) is 3. The fourth-order valence-electron chi connectivity index (χ4n) is 3.32. The minimum Gasteiger partial charge on any atom is -0.480 e. The molecular formula is C21H19NO6. The number of carboxylic acids is 2. The number of carboxylic acid groups (broad SMARTS) is 2. The summed E-state index contributed by atoms with van der Waals surface area (Å²) >= 11 is 0. The molecule has 3 rings (SSSR count). The number of amides is 1. The Morgan fingerprint density at radius 3 is 2.04 bits per heavy atom. The number of aliphatic carboxylic acids is 2. The zero-order chi connectivity index (χ0) is 20.3. The number of benzene rings is 2. The van der Waals surface area contributed by atoms with E-state index in [2.05, 4.69) is 11.9 Å². The Labute approximate surface area is 161 Å². The molecule has 0 saturated carbocycles. The molecule has 0 fully saturated rings. The summed E-state index contributed by atoms with van der Waals surface area (Å²) in [6, 6.07) is 14.2. The van der Waals surface area contributed by atoms with Crippen molar-refractivity contribution in [2.75, 3.05) is 6.61 Å². The van der Waals surface area contributed by atoms with Crippen molar-refractivity contribution in [2.24, 2.45) is 0 Å². The minimum atomic E-state index is -1.43. The van der Waals surface area contributed by atoms with Crippen LogP contribution in [0.5, 0.6) is 0 Å².